The number of morpholine rings is 1. The minimum atomic E-state index is 0. The van der Waals surface area contributed by atoms with E-state index in [0.717, 1.165) is 38.5 Å². The molecule has 3 rings (SSSR count). The van der Waals surface area contributed by atoms with E-state index in [-0.39, 0.29) is 29.5 Å². The molecule has 24 heavy (non-hydrogen) atoms. The van der Waals surface area contributed by atoms with Gasteiger partial charge in [0.25, 0.3) is 0 Å². The van der Waals surface area contributed by atoms with Gasteiger partial charge in [-0.15, -0.1) is 24.0 Å². The molecule has 0 aromatic heterocycles. The van der Waals surface area contributed by atoms with Crippen molar-refractivity contribution in [2.75, 3.05) is 45.3 Å². The molecule has 0 atom stereocenters. The summed E-state index contributed by atoms with van der Waals surface area (Å²) in [6.07, 6.45) is 2.36. The van der Waals surface area contributed by atoms with E-state index in [2.05, 4.69) is 15.2 Å². The summed E-state index contributed by atoms with van der Waals surface area (Å²) in [6, 6.07) is 5.44. The Morgan fingerprint density at radius 1 is 1.42 bits per heavy atom. The molecule has 8 heteroatoms. The SMILES string of the molecule is COc1ccc(NC(N)=NCC2(N3CCOCC3)CC2)cc1Cl.I. The molecule has 1 aromatic carbocycles. The molecule has 2 fully saturated rings. The Morgan fingerprint density at radius 2 is 2.12 bits per heavy atom. The summed E-state index contributed by atoms with van der Waals surface area (Å²) < 4.78 is 10.6. The lowest BCUT2D eigenvalue weighted by atomic mass is 10.2. The van der Waals surface area contributed by atoms with Gasteiger partial charge in [0.05, 0.1) is 31.9 Å². The van der Waals surface area contributed by atoms with E-state index >= 15 is 0 Å². The fraction of sp³-hybridized carbons (Fsp3) is 0.562. The average Bonchev–Trinajstić information content (AvgIpc) is 3.35. The van der Waals surface area contributed by atoms with Crippen LogP contribution in [0.4, 0.5) is 5.69 Å². The summed E-state index contributed by atoms with van der Waals surface area (Å²) in [7, 11) is 1.59. The Labute approximate surface area is 164 Å². The van der Waals surface area contributed by atoms with Crippen LogP contribution in [0.15, 0.2) is 23.2 Å². The van der Waals surface area contributed by atoms with Gasteiger partial charge in [0, 0.05) is 24.3 Å². The number of aliphatic imine (C=N–C) groups is 1. The van der Waals surface area contributed by atoms with E-state index in [1.165, 1.54) is 12.8 Å². The number of methoxy groups -OCH3 is 1. The Hall–Kier alpha value is -0.770. The molecule has 1 saturated heterocycles. The van der Waals surface area contributed by atoms with Crippen molar-refractivity contribution in [2.24, 2.45) is 10.7 Å². The summed E-state index contributed by atoms with van der Waals surface area (Å²) in [6.45, 7) is 4.30. The number of ether oxygens (including phenoxy) is 2. The second-order valence-electron chi connectivity index (χ2n) is 6.00. The van der Waals surface area contributed by atoms with E-state index in [1.54, 1.807) is 19.2 Å². The number of hydrogen-bond acceptors (Lipinski definition) is 4. The van der Waals surface area contributed by atoms with Crippen LogP contribution in [-0.2, 0) is 4.74 Å². The molecule has 3 N–H and O–H groups in total. The van der Waals surface area contributed by atoms with Crippen LogP contribution in [0.1, 0.15) is 12.8 Å². The van der Waals surface area contributed by atoms with Gasteiger partial charge < -0.3 is 20.5 Å². The van der Waals surface area contributed by atoms with Gasteiger partial charge in [-0.2, -0.15) is 0 Å². The number of nitrogens with zero attached hydrogens (tertiary/aromatic N) is 2. The molecular formula is C16H24ClIN4O2. The quantitative estimate of drug-likeness (QED) is 0.396. The second kappa shape index (κ2) is 8.55. The highest BCUT2D eigenvalue weighted by molar-refractivity contribution is 14.0. The maximum Gasteiger partial charge on any atom is 0.193 e. The Balaban J connectivity index is 0.00000208. The maximum absolute atomic E-state index is 6.11. The summed E-state index contributed by atoms with van der Waals surface area (Å²) in [4.78, 5) is 7.01. The predicted molar refractivity (Wildman–Crippen MR) is 108 cm³/mol. The lowest BCUT2D eigenvalue weighted by Crippen LogP contribution is -2.47. The zero-order valence-electron chi connectivity index (χ0n) is 13.8. The van der Waals surface area contributed by atoms with Gasteiger partial charge >= 0.3 is 0 Å². The summed E-state index contributed by atoms with van der Waals surface area (Å²) >= 11 is 6.11. The number of nitrogens with one attached hydrogen (secondary N) is 1. The summed E-state index contributed by atoms with van der Waals surface area (Å²) in [5.74, 6) is 1.04. The molecule has 0 unspecified atom stereocenters. The monoisotopic (exact) mass is 466 g/mol. The third-order valence-corrected chi connectivity index (χ3v) is 4.77. The van der Waals surface area contributed by atoms with E-state index < -0.39 is 0 Å². The Kier molecular flexibility index (Phi) is 6.97. The molecule has 1 aliphatic carbocycles. The van der Waals surface area contributed by atoms with Gasteiger partial charge in [0.2, 0.25) is 0 Å². The molecule has 2 aliphatic rings. The van der Waals surface area contributed by atoms with Crippen molar-refractivity contribution < 1.29 is 9.47 Å². The van der Waals surface area contributed by atoms with E-state index in [4.69, 9.17) is 26.8 Å². The number of hydrogen-bond donors (Lipinski definition) is 2. The highest BCUT2D eigenvalue weighted by atomic mass is 127. The Morgan fingerprint density at radius 3 is 2.71 bits per heavy atom. The van der Waals surface area contributed by atoms with Gasteiger partial charge in [-0.3, -0.25) is 9.89 Å². The molecule has 0 radical (unpaired) electrons. The number of benzene rings is 1. The zero-order valence-corrected chi connectivity index (χ0v) is 16.8. The highest BCUT2D eigenvalue weighted by Crippen LogP contribution is 2.42. The molecule has 1 heterocycles. The second-order valence-corrected chi connectivity index (χ2v) is 6.41. The Bertz CT molecular complexity index is 589. The molecule has 0 bridgehead atoms. The molecule has 0 spiro atoms. The zero-order chi connectivity index (χ0) is 16.3. The number of halogens is 2. The lowest BCUT2D eigenvalue weighted by Gasteiger charge is -2.34. The molecule has 6 nitrogen and oxygen atoms in total. The third kappa shape index (κ3) is 4.65. The van der Waals surface area contributed by atoms with Crippen molar-refractivity contribution in [3.63, 3.8) is 0 Å². The van der Waals surface area contributed by atoms with E-state index in [1.807, 2.05) is 6.07 Å². The van der Waals surface area contributed by atoms with Crippen molar-refractivity contribution >= 4 is 47.2 Å². The van der Waals surface area contributed by atoms with E-state index in [0.29, 0.717) is 16.7 Å². The molecular weight excluding hydrogens is 443 g/mol. The topological polar surface area (TPSA) is 72.1 Å². The predicted octanol–water partition coefficient (Wildman–Crippen LogP) is 2.56. The standard InChI is InChI=1S/C16H23ClN4O2.HI/c1-22-14-3-2-12(10-13(14)17)20-15(18)19-11-16(4-5-16)21-6-8-23-9-7-21;/h2-3,10H,4-9,11H2,1H3,(H3,18,19,20);1H. The lowest BCUT2D eigenvalue weighted by molar-refractivity contribution is 0.0117. The van der Waals surface area contributed by atoms with Gasteiger partial charge in [-0.05, 0) is 31.0 Å². The highest BCUT2D eigenvalue weighted by Gasteiger charge is 2.48. The molecule has 1 aliphatic heterocycles. The largest absolute Gasteiger partial charge is 0.495 e. The van der Waals surface area contributed by atoms with Crippen LogP contribution in [0.3, 0.4) is 0 Å². The van der Waals surface area contributed by atoms with E-state index in [9.17, 15) is 0 Å². The molecule has 1 aromatic rings. The minimum Gasteiger partial charge on any atom is -0.495 e. The number of nitrogens with two attached hydrogens (primary N) is 1. The van der Waals surface area contributed by atoms with Crippen molar-refractivity contribution in [1.29, 1.82) is 0 Å². The fourth-order valence-electron chi connectivity index (χ4n) is 2.92. The molecule has 0 amide bonds. The summed E-state index contributed by atoms with van der Waals surface area (Å²) in [5, 5.41) is 3.62. The van der Waals surface area contributed by atoms with Crippen LogP contribution < -0.4 is 15.8 Å². The fourth-order valence-corrected chi connectivity index (χ4v) is 3.18. The van der Waals surface area contributed by atoms with Gasteiger partial charge in [0.15, 0.2) is 5.96 Å². The maximum atomic E-state index is 6.11. The van der Waals surface area contributed by atoms with Crippen LogP contribution in [0.2, 0.25) is 5.02 Å². The van der Waals surface area contributed by atoms with Crippen LogP contribution in [0, 0.1) is 0 Å². The average molecular weight is 467 g/mol. The first-order valence-electron chi connectivity index (χ1n) is 7.86. The normalized spacial score (nSPS) is 20.2. The summed E-state index contributed by atoms with van der Waals surface area (Å²) in [5.41, 5.74) is 7.00. The van der Waals surface area contributed by atoms with Gasteiger partial charge in [-0.1, -0.05) is 11.6 Å². The van der Waals surface area contributed by atoms with Crippen LogP contribution in [0.25, 0.3) is 0 Å². The first kappa shape index (κ1) is 19.6. The van der Waals surface area contributed by atoms with Crippen molar-refractivity contribution in [2.45, 2.75) is 18.4 Å². The number of rotatable bonds is 5. The molecule has 134 valence electrons. The van der Waals surface area contributed by atoms with Crippen LogP contribution >= 0.6 is 35.6 Å². The van der Waals surface area contributed by atoms with Crippen molar-refractivity contribution in [3.8, 4) is 5.75 Å². The minimum absolute atomic E-state index is 0. The third-order valence-electron chi connectivity index (χ3n) is 4.48. The van der Waals surface area contributed by atoms with Crippen LogP contribution in [0.5, 0.6) is 5.75 Å². The van der Waals surface area contributed by atoms with Gasteiger partial charge in [-0.25, -0.2) is 0 Å². The first-order chi connectivity index (χ1) is 11.1. The van der Waals surface area contributed by atoms with Crippen molar-refractivity contribution in [1.82, 2.24) is 4.90 Å². The molecule has 1 saturated carbocycles. The smallest absolute Gasteiger partial charge is 0.193 e. The first-order valence-corrected chi connectivity index (χ1v) is 8.24. The van der Waals surface area contributed by atoms with Gasteiger partial charge in [0.1, 0.15) is 5.75 Å². The van der Waals surface area contributed by atoms with Crippen LogP contribution in [-0.4, -0.2) is 56.4 Å². The van der Waals surface area contributed by atoms with Crippen molar-refractivity contribution in [3.05, 3.63) is 23.2 Å². The number of guanidine groups is 1. The number of anilines is 1.